The van der Waals surface area contributed by atoms with Gasteiger partial charge in [0.1, 0.15) is 0 Å². The highest BCUT2D eigenvalue weighted by molar-refractivity contribution is 4.87. The lowest BCUT2D eigenvalue weighted by Gasteiger charge is -2.39. The van der Waals surface area contributed by atoms with Crippen molar-refractivity contribution in [2.24, 2.45) is 5.92 Å². The summed E-state index contributed by atoms with van der Waals surface area (Å²) >= 11 is 0. The monoisotopic (exact) mass is 250 g/mol. The molecule has 1 aliphatic carbocycles. The number of alkyl halides is 3. The van der Waals surface area contributed by atoms with Gasteiger partial charge in [-0.2, -0.15) is 13.2 Å². The van der Waals surface area contributed by atoms with E-state index in [0.29, 0.717) is 25.2 Å². The summed E-state index contributed by atoms with van der Waals surface area (Å²) in [6.45, 7) is 2.63. The highest BCUT2D eigenvalue weighted by atomic mass is 19.4. The first kappa shape index (κ1) is 13.1. The van der Waals surface area contributed by atoms with Crippen molar-refractivity contribution in [1.82, 2.24) is 10.2 Å². The van der Waals surface area contributed by atoms with Gasteiger partial charge in [0, 0.05) is 12.1 Å². The predicted molar refractivity (Wildman–Crippen MR) is 60.8 cm³/mol. The molecule has 0 atom stereocenters. The standard InChI is InChI=1S/C12H21F3N2/c1-9-6-11(7-9)16-10-2-4-17(5-3-10)8-12(13,14)15/h9-11,16H,2-8H2,1H3. The number of nitrogens with one attached hydrogen (secondary N) is 1. The first-order chi connectivity index (χ1) is 7.92. The Morgan fingerprint density at radius 1 is 1.12 bits per heavy atom. The first-order valence-corrected chi connectivity index (χ1v) is 6.47. The van der Waals surface area contributed by atoms with E-state index in [4.69, 9.17) is 0 Å². The Morgan fingerprint density at radius 3 is 2.18 bits per heavy atom. The maximum absolute atomic E-state index is 12.2. The minimum absolute atomic E-state index is 0.428. The van der Waals surface area contributed by atoms with E-state index in [2.05, 4.69) is 12.2 Å². The molecule has 5 heteroatoms. The van der Waals surface area contributed by atoms with Gasteiger partial charge in [0.2, 0.25) is 0 Å². The zero-order valence-corrected chi connectivity index (χ0v) is 10.3. The summed E-state index contributed by atoms with van der Waals surface area (Å²) in [6.07, 6.45) is 0.0944. The topological polar surface area (TPSA) is 15.3 Å². The number of hydrogen-bond acceptors (Lipinski definition) is 2. The van der Waals surface area contributed by atoms with Gasteiger partial charge in [-0.15, -0.1) is 0 Å². The number of piperidine rings is 1. The number of halogens is 3. The Morgan fingerprint density at radius 2 is 1.71 bits per heavy atom. The Bertz CT molecular complexity index is 241. The van der Waals surface area contributed by atoms with Gasteiger partial charge in [0.05, 0.1) is 6.54 Å². The van der Waals surface area contributed by atoms with Crippen LogP contribution in [0.3, 0.4) is 0 Å². The van der Waals surface area contributed by atoms with Gasteiger partial charge in [0.15, 0.2) is 0 Å². The molecular weight excluding hydrogens is 229 g/mol. The van der Waals surface area contributed by atoms with E-state index in [1.807, 2.05) is 0 Å². The summed E-state index contributed by atoms with van der Waals surface area (Å²) in [5.74, 6) is 0.817. The van der Waals surface area contributed by atoms with Crippen LogP contribution in [-0.4, -0.2) is 42.8 Å². The molecule has 0 aromatic heterocycles. The van der Waals surface area contributed by atoms with Crippen LogP contribution < -0.4 is 5.32 Å². The van der Waals surface area contributed by atoms with Crippen molar-refractivity contribution >= 4 is 0 Å². The molecule has 1 aliphatic heterocycles. The Kier molecular flexibility index (Phi) is 3.98. The molecule has 1 heterocycles. The third-order valence-corrected chi connectivity index (χ3v) is 3.84. The Labute approximate surface area is 101 Å². The van der Waals surface area contributed by atoms with Crippen LogP contribution in [0.25, 0.3) is 0 Å². The Balaban J connectivity index is 1.64. The van der Waals surface area contributed by atoms with Crippen molar-refractivity contribution in [3.63, 3.8) is 0 Å². The second-order valence-electron chi connectivity index (χ2n) is 5.61. The molecule has 0 aromatic rings. The maximum atomic E-state index is 12.2. The van der Waals surface area contributed by atoms with Crippen LogP contribution in [0.2, 0.25) is 0 Å². The maximum Gasteiger partial charge on any atom is 0.401 e. The normalized spacial score (nSPS) is 32.5. The minimum atomic E-state index is -4.05. The smallest absolute Gasteiger partial charge is 0.311 e. The molecule has 0 aromatic carbocycles. The van der Waals surface area contributed by atoms with Crippen molar-refractivity contribution in [2.45, 2.75) is 50.9 Å². The quantitative estimate of drug-likeness (QED) is 0.827. The lowest BCUT2D eigenvalue weighted by molar-refractivity contribution is -0.148. The third-order valence-electron chi connectivity index (χ3n) is 3.84. The van der Waals surface area contributed by atoms with Gasteiger partial charge < -0.3 is 5.32 Å². The van der Waals surface area contributed by atoms with E-state index in [1.165, 1.54) is 17.7 Å². The van der Waals surface area contributed by atoms with Gasteiger partial charge in [-0.1, -0.05) is 6.92 Å². The number of hydrogen-bond donors (Lipinski definition) is 1. The average molecular weight is 250 g/mol. The summed E-state index contributed by atoms with van der Waals surface area (Å²) in [7, 11) is 0. The van der Waals surface area contributed by atoms with Crippen molar-refractivity contribution < 1.29 is 13.2 Å². The number of likely N-dealkylation sites (tertiary alicyclic amines) is 1. The molecule has 17 heavy (non-hydrogen) atoms. The number of rotatable bonds is 3. The molecule has 1 saturated carbocycles. The summed E-state index contributed by atoms with van der Waals surface area (Å²) in [6, 6.07) is 1.04. The molecule has 0 spiro atoms. The molecule has 2 nitrogen and oxygen atoms in total. The van der Waals surface area contributed by atoms with Gasteiger partial charge in [-0.3, -0.25) is 4.90 Å². The summed E-state index contributed by atoms with van der Waals surface area (Å²) < 4.78 is 36.6. The van der Waals surface area contributed by atoms with E-state index in [0.717, 1.165) is 18.8 Å². The van der Waals surface area contributed by atoms with Gasteiger partial charge in [0.25, 0.3) is 0 Å². The third kappa shape index (κ3) is 4.14. The molecule has 100 valence electrons. The molecule has 1 N–H and O–H groups in total. The van der Waals surface area contributed by atoms with Crippen LogP contribution >= 0.6 is 0 Å². The second-order valence-corrected chi connectivity index (χ2v) is 5.61. The average Bonchev–Trinajstić information content (AvgIpc) is 2.16. The molecule has 1 saturated heterocycles. The van der Waals surface area contributed by atoms with Crippen LogP contribution in [0.5, 0.6) is 0 Å². The van der Waals surface area contributed by atoms with E-state index in [9.17, 15) is 13.2 Å². The molecule has 0 amide bonds. The van der Waals surface area contributed by atoms with Crippen LogP contribution in [0.1, 0.15) is 32.6 Å². The predicted octanol–water partition coefficient (Wildman–Crippen LogP) is 2.40. The number of nitrogens with zero attached hydrogens (tertiary/aromatic N) is 1. The highest BCUT2D eigenvalue weighted by Crippen LogP contribution is 2.28. The summed E-state index contributed by atoms with van der Waals surface area (Å²) in [5, 5.41) is 3.56. The largest absolute Gasteiger partial charge is 0.401 e. The highest BCUT2D eigenvalue weighted by Gasteiger charge is 2.33. The van der Waals surface area contributed by atoms with Crippen molar-refractivity contribution in [2.75, 3.05) is 19.6 Å². The van der Waals surface area contributed by atoms with Gasteiger partial charge >= 0.3 is 6.18 Å². The summed E-state index contributed by atoms with van der Waals surface area (Å²) in [4.78, 5) is 1.52. The lowest BCUT2D eigenvalue weighted by atomic mass is 9.81. The molecule has 0 bridgehead atoms. The lowest BCUT2D eigenvalue weighted by Crippen LogP contribution is -2.51. The zero-order valence-electron chi connectivity index (χ0n) is 10.3. The van der Waals surface area contributed by atoms with Crippen LogP contribution in [0.4, 0.5) is 13.2 Å². The Hall–Kier alpha value is -0.290. The fraction of sp³-hybridized carbons (Fsp3) is 1.00. The summed E-state index contributed by atoms with van der Waals surface area (Å²) in [5.41, 5.74) is 0. The van der Waals surface area contributed by atoms with Crippen LogP contribution in [0, 0.1) is 5.92 Å². The van der Waals surface area contributed by atoms with E-state index >= 15 is 0 Å². The second kappa shape index (κ2) is 5.14. The SMILES string of the molecule is CC1CC(NC2CCN(CC(F)(F)F)CC2)C1. The molecule has 2 aliphatic rings. The van der Waals surface area contributed by atoms with Crippen molar-refractivity contribution in [3.8, 4) is 0 Å². The first-order valence-electron chi connectivity index (χ1n) is 6.47. The van der Waals surface area contributed by atoms with E-state index in [-0.39, 0.29) is 0 Å². The van der Waals surface area contributed by atoms with Crippen molar-refractivity contribution in [3.05, 3.63) is 0 Å². The van der Waals surface area contributed by atoms with Crippen molar-refractivity contribution in [1.29, 1.82) is 0 Å². The fourth-order valence-electron chi connectivity index (χ4n) is 2.88. The molecular formula is C12H21F3N2. The van der Waals surface area contributed by atoms with Crippen LogP contribution in [-0.2, 0) is 0 Å². The molecule has 2 fully saturated rings. The molecule has 0 radical (unpaired) electrons. The zero-order chi connectivity index (χ0) is 12.5. The molecule has 2 rings (SSSR count). The van der Waals surface area contributed by atoms with Gasteiger partial charge in [-0.25, -0.2) is 0 Å². The molecule has 0 unspecified atom stereocenters. The minimum Gasteiger partial charge on any atom is -0.311 e. The van der Waals surface area contributed by atoms with E-state index in [1.54, 1.807) is 0 Å². The van der Waals surface area contributed by atoms with E-state index < -0.39 is 12.7 Å². The fourth-order valence-corrected chi connectivity index (χ4v) is 2.88. The van der Waals surface area contributed by atoms with Gasteiger partial charge in [-0.05, 0) is 44.7 Å². The van der Waals surface area contributed by atoms with Crippen LogP contribution in [0.15, 0.2) is 0 Å².